The van der Waals surface area contributed by atoms with E-state index in [0.717, 1.165) is 23.1 Å². The summed E-state index contributed by atoms with van der Waals surface area (Å²) in [6.07, 6.45) is 0.422. The quantitative estimate of drug-likeness (QED) is 0.0204. The number of thioether (sulfide) groups is 1. The molecule has 0 unspecified atom stereocenters. The highest BCUT2D eigenvalue weighted by Crippen LogP contribution is 2.37. The maximum atomic E-state index is 11.8. The van der Waals surface area contributed by atoms with E-state index in [1.54, 1.807) is 36.4 Å². The molecule has 0 radical (unpaired) electrons. The second-order valence-electron chi connectivity index (χ2n) is 12.3. The van der Waals surface area contributed by atoms with Gasteiger partial charge in [-0.25, -0.2) is 9.97 Å². The normalized spacial score (nSPS) is 12.2. The molecule has 0 spiro atoms. The number of thiazole rings is 2. The Hall–Kier alpha value is -5.47. The molecule has 24 nitrogen and oxygen atoms in total. The molecule has 5 aromatic rings. The molecule has 0 fully saturated rings. The number of aldehydes is 2. The highest BCUT2D eigenvalue weighted by molar-refractivity contribution is 8.00. The number of aromatic nitrogens is 5. The van der Waals surface area contributed by atoms with Gasteiger partial charge in [0, 0.05) is 43.3 Å². The maximum Gasteiger partial charge on any atom is 0.313 e. The van der Waals surface area contributed by atoms with Crippen molar-refractivity contribution in [3.63, 3.8) is 0 Å². The average Bonchev–Trinajstić information content (AvgIpc) is 3.86. The van der Waals surface area contributed by atoms with Crippen LogP contribution in [0.2, 0.25) is 0 Å². The Balaban J connectivity index is 1.61. The number of hydrogen-bond acceptors (Lipinski definition) is 24. The van der Waals surface area contributed by atoms with Crippen LogP contribution >= 0.6 is 34.4 Å². The van der Waals surface area contributed by atoms with E-state index < -0.39 is 46.2 Å². The first-order valence-corrected chi connectivity index (χ1v) is 25.3. The summed E-state index contributed by atoms with van der Waals surface area (Å²) in [4.78, 5) is 47.2. The summed E-state index contributed by atoms with van der Waals surface area (Å²) in [5.41, 5.74) is 2.30. The third-order valence-electron chi connectivity index (χ3n) is 8.31. The number of nitrogens with zero attached hydrogens (tertiary/aromatic N) is 11. The fraction of sp³-hybridized carbons (Fsp3) is 0.303. The highest BCUT2D eigenvalue weighted by Gasteiger charge is 2.24. The molecular formula is C33H37N13O11S6. The zero-order valence-electron chi connectivity index (χ0n) is 33.3. The lowest BCUT2D eigenvalue weighted by molar-refractivity contribution is 0.111. The number of rotatable bonds is 22. The summed E-state index contributed by atoms with van der Waals surface area (Å²) in [5.74, 6) is -1.01. The summed E-state index contributed by atoms with van der Waals surface area (Å²) in [5, 5.41) is 20.4. The van der Waals surface area contributed by atoms with E-state index in [0.29, 0.717) is 48.9 Å². The summed E-state index contributed by atoms with van der Waals surface area (Å²) in [6, 6.07) is 10.1. The minimum Gasteiger partial charge on any atom is -0.372 e. The fourth-order valence-electron chi connectivity index (χ4n) is 5.42. The van der Waals surface area contributed by atoms with E-state index in [-0.39, 0.29) is 78.1 Å². The van der Waals surface area contributed by atoms with Crippen molar-refractivity contribution >= 4 is 134 Å². The third-order valence-corrected chi connectivity index (χ3v) is 13.7. The number of hydrogen-bond donors (Lipinski definition) is 5. The van der Waals surface area contributed by atoms with Crippen molar-refractivity contribution in [2.75, 3.05) is 58.1 Å². The zero-order valence-corrected chi connectivity index (χ0v) is 38.2. The van der Waals surface area contributed by atoms with Gasteiger partial charge in [-0.15, -0.1) is 20.5 Å². The van der Waals surface area contributed by atoms with E-state index in [1.807, 2.05) is 37.5 Å². The van der Waals surface area contributed by atoms with Crippen molar-refractivity contribution in [1.82, 2.24) is 24.9 Å². The molecule has 0 amide bonds. The molecule has 0 atom stereocenters. The van der Waals surface area contributed by atoms with Crippen molar-refractivity contribution in [2.45, 2.75) is 42.9 Å². The summed E-state index contributed by atoms with van der Waals surface area (Å²) >= 11 is 2.03. The molecule has 0 aliphatic rings. The van der Waals surface area contributed by atoms with Gasteiger partial charge < -0.3 is 20.4 Å². The van der Waals surface area contributed by atoms with E-state index in [2.05, 4.69) is 56.0 Å². The largest absolute Gasteiger partial charge is 0.372 e. The monoisotopic (exact) mass is 983 g/mol. The molecule has 5 rings (SSSR count). The van der Waals surface area contributed by atoms with Crippen LogP contribution < -0.4 is 20.4 Å². The maximum absolute atomic E-state index is 11.8. The van der Waals surface area contributed by atoms with Gasteiger partial charge in [0.25, 0.3) is 10.1 Å². The Kier molecular flexibility index (Phi) is 16.0. The lowest BCUT2D eigenvalue weighted by Gasteiger charge is -2.22. The molecule has 0 saturated carbocycles. The van der Waals surface area contributed by atoms with Crippen molar-refractivity contribution in [3.05, 3.63) is 46.2 Å². The van der Waals surface area contributed by atoms with E-state index in [9.17, 15) is 48.5 Å². The summed E-state index contributed by atoms with van der Waals surface area (Å²) in [6.45, 7) is 10.3. The Morgan fingerprint density at radius 3 is 1.38 bits per heavy atom. The summed E-state index contributed by atoms with van der Waals surface area (Å²) in [7, 11) is -14.0. The Labute approximate surface area is 372 Å². The lowest BCUT2D eigenvalue weighted by Crippen LogP contribution is -2.21. The molecule has 3 heterocycles. The molecule has 30 heteroatoms. The van der Waals surface area contributed by atoms with Crippen molar-refractivity contribution in [1.29, 1.82) is 0 Å². The van der Waals surface area contributed by atoms with Crippen molar-refractivity contribution < 1.29 is 48.5 Å². The third kappa shape index (κ3) is 13.0. The zero-order chi connectivity index (χ0) is 46.1. The Morgan fingerprint density at radius 1 is 0.635 bits per heavy atom. The molecule has 5 N–H and O–H groups in total. The summed E-state index contributed by atoms with van der Waals surface area (Å²) < 4.78 is 98.7. The Bertz CT molecular complexity index is 2710. The SMILES string of the molecule is CCN(CC)c1ccc(N=Nc2nc(S(=O)(=O)O)c(C=O)s2)c(Nc2nc(Nc3cc(N(CC)CC)ccc3N=Nc3nc(S(=O)(=O)O)c(C=O)s3)nc(SCCS(=O)(=O)O)n2)c1. The molecule has 336 valence electrons. The fourth-order valence-corrected chi connectivity index (χ4v) is 10.3. The minimum absolute atomic E-state index is 0.00589. The van der Waals surface area contributed by atoms with Gasteiger partial charge in [0.15, 0.2) is 17.7 Å². The van der Waals surface area contributed by atoms with Gasteiger partial charge in [-0.3, -0.25) is 23.2 Å². The number of carbonyl (C=O) groups is 2. The lowest BCUT2D eigenvalue weighted by atomic mass is 10.2. The number of azo groups is 2. The van der Waals surface area contributed by atoms with Crippen LogP contribution in [0, 0.1) is 0 Å². The van der Waals surface area contributed by atoms with Crippen molar-refractivity contribution in [2.24, 2.45) is 20.5 Å². The first-order valence-electron chi connectivity index (χ1n) is 18.1. The highest BCUT2D eigenvalue weighted by atomic mass is 32.2. The smallest absolute Gasteiger partial charge is 0.313 e. The van der Waals surface area contributed by atoms with Crippen LogP contribution in [-0.4, -0.2) is 114 Å². The first-order chi connectivity index (χ1) is 29.8. The van der Waals surface area contributed by atoms with Crippen LogP contribution in [-0.2, 0) is 30.4 Å². The molecular weight excluding hydrogens is 947 g/mol. The van der Waals surface area contributed by atoms with Crippen LogP contribution in [0.5, 0.6) is 0 Å². The van der Waals surface area contributed by atoms with Gasteiger partial charge in [-0.05, 0) is 64.1 Å². The van der Waals surface area contributed by atoms with E-state index in [4.69, 9.17) is 0 Å². The van der Waals surface area contributed by atoms with Gasteiger partial charge in [-0.2, -0.15) is 40.2 Å². The van der Waals surface area contributed by atoms with Crippen LogP contribution in [0.1, 0.15) is 47.0 Å². The molecule has 0 saturated heterocycles. The number of nitrogens with one attached hydrogen (secondary N) is 2. The average molecular weight is 984 g/mol. The van der Waals surface area contributed by atoms with Gasteiger partial charge in [0.05, 0.1) is 17.1 Å². The van der Waals surface area contributed by atoms with Crippen LogP contribution in [0.25, 0.3) is 0 Å². The molecule has 63 heavy (non-hydrogen) atoms. The second kappa shape index (κ2) is 20.8. The van der Waals surface area contributed by atoms with E-state index >= 15 is 0 Å². The molecule has 0 aliphatic heterocycles. The molecule has 3 aromatic heterocycles. The number of carbonyl (C=O) groups excluding carboxylic acids is 2. The van der Waals surface area contributed by atoms with E-state index in [1.165, 1.54) is 0 Å². The minimum atomic E-state index is -4.84. The Morgan fingerprint density at radius 2 is 1.05 bits per heavy atom. The molecule has 0 aliphatic carbocycles. The topological polar surface area (TPSA) is 342 Å². The molecule has 2 aromatic carbocycles. The molecule has 0 bridgehead atoms. The van der Waals surface area contributed by atoms with Gasteiger partial charge in [-0.1, -0.05) is 34.4 Å². The van der Waals surface area contributed by atoms with Crippen LogP contribution in [0.15, 0.2) is 72.1 Å². The number of benzene rings is 2. The predicted molar refractivity (Wildman–Crippen MR) is 237 cm³/mol. The van der Waals surface area contributed by atoms with Crippen LogP contribution in [0.4, 0.5) is 56.3 Å². The van der Waals surface area contributed by atoms with Gasteiger partial charge in [0.1, 0.15) is 21.1 Å². The van der Waals surface area contributed by atoms with Crippen molar-refractivity contribution in [3.8, 4) is 0 Å². The first kappa shape index (κ1) is 48.6. The van der Waals surface area contributed by atoms with Gasteiger partial charge >= 0.3 is 20.2 Å². The standard InChI is InChI=1S/C33H37N13O11S6/c1-5-45(6-2)19-9-11-21(41-43-32-36-27(62(52,53)54)25(17-47)59-32)23(15-19)34-29-38-30(40-31(39-29)58-13-14-61(49,50)51)35-24-16-20(46(7-3)8-4)10-12-22(24)42-44-33-37-28(63(55,56)57)26(18-48)60-33/h9-12,15-18H,5-8,13-14H2,1-4H3,(H,49,50,51)(H,52,53,54)(H,55,56,57)(H2,34,35,38,39,40). The number of anilines is 6. The van der Waals surface area contributed by atoms with Gasteiger partial charge in [0.2, 0.25) is 32.2 Å². The predicted octanol–water partition coefficient (Wildman–Crippen LogP) is 6.89. The van der Waals surface area contributed by atoms with Crippen LogP contribution in [0.3, 0.4) is 0 Å². The second-order valence-corrected chi connectivity index (χ2v) is 19.6.